The fourth-order valence-electron chi connectivity index (χ4n) is 1.64. The molecule has 100 valence electrons. The number of terminal acetylenes is 1. The van der Waals surface area contributed by atoms with Gasteiger partial charge in [-0.2, -0.15) is 0 Å². The van der Waals surface area contributed by atoms with E-state index in [-0.39, 0.29) is 22.8 Å². The van der Waals surface area contributed by atoms with Gasteiger partial charge in [-0.1, -0.05) is 24.4 Å². The molecule has 0 radical (unpaired) electrons. The molecule has 0 unspecified atom stereocenters. The highest BCUT2D eigenvalue weighted by molar-refractivity contribution is 6.31. The van der Waals surface area contributed by atoms with Crippen LogP contribution in [0.3, 0.4) is 0 Å². The maximum Gasteiger partial charge on any atom is 0.283 e. The van der Waals surface area contributed by atoms with Gasteiger partial charge in [-0.25, -0.2) is 0 Å². The molecule has 5 nitrogen and oxygen atoms in total. The number of hydrogen-bond donors (Lipinski definition) is 0. The average molecular weight is 281 g/mol. The summed E-state index contributed by atoms with van der Waals surface area (Å²) < 4.78 is 0. The van der Waals surface area contributed by atoms with Crippen LogP contribution in [0, 0.1) is 22.5 Å². The molecule has 0 aliphatic heterocycles. The van der Waals surface area contributed by atoms with Crippen LogP contribution >= 0.6 is 11.6 Å². The van der Waals surface area contributed by atoms with Crippen molar-refractivity contribution in [2.24, 2.45) is 0 Å². The van der Waals surface area contributed by atoms with E-state index < -0.39 is 10.8 Å². The Balaban J connectivity index is 3.17. The molecule has 0 spiro atoms. The van der Waals surface area contributed by atoms with Crippen LogP contribution in [0.2, 0.25) is 5.02 Å². The molecule has 1 amide bonds. The van der Waals surface area contributed by atoms with Crippen molar-refractivity contribution in [2.75, 3.05) is 13.1 Å². The SMILES string of the molecule is C#CCN(CCC)C(=O)c1ccc(Cl)cc1[N+](=O)[O-]. The van der Waals surface area contributed by atoms with Crippen molar-refractivity contribution >= 4 is 23.2 Å². The van der Waals surface area contributed by atoms with Gasteiger partial charge in [0.2, 0.25) is 0 Å². The van der Waals surface area contributed by atoms with Gasteiger partial charge in [0.05, 0.1) is 11.5 Å². The van der Waals surface area contributed by atoms with Crippen LogP contribution in [0.5, 0.6) is 0 Å². The summed E-state index contributed by atoms with van der Waals surface area (Å²) in [5, 5.41) is 11.2. The molecule has 0 aliphatic rings. The third-order valence-corrected chi connectivity index (χ3v) is 2.68. The molecule has 0 saturated heterocycles. The standard InChI is InChI=1S/C13H13ClN2O3/c1-3-7-15(8-4-2)13(17)11-6-5-10(14)9-12(11)16(18)19/h1,5-6,9H,4,7-8H2,2H3. The Morgan fingerprint density at radius 1 is 1.58 bits per heavy atom. The lowest BCUT2D eigenvalue weighted by Crippen LogP contribution is -2.32. The Kier molecular flexibility index (Phi) is 5.34. The maximum absolute atomic E-state index is 12.2. The zero-order chi connectivity index (χ0) is 14.4. The minimum absolute atomic E-state index is 0.00176. The third kappa shape index (κ3) is 3.70. The topological polar surface area (TPSA) is 63.5 Å². The highest BCUT2D eigenvalue weighted by Gasteiger charge is 2.24. The van der Waals surface area contributed by atoms with Crippen molar-refractivity contribution in [3.8, 4) is 12.3 Å². The molecule has 0 heterocycles. The molecule has 6 heteroatoms. The molecular weight excluding hydrogens is 268 g/mol. The maximum atomic E-state index is 12.2. The number of carbonyl (C=O) groups is 1. The number of nitro benzene ring substituents is 1. The molecule has 0 bridgehead atoms. The number of rotatable bonds is 5. The van der Waals surface area contributed by atoms with E-state index in [1.165, 1.54) is 17.0 Å². The Morgan fingerprint density at radius 3 is 2.79 bits per heavy atom. The van der Waals surface area contributed by atoms with Crippen LogP contribution in [0.1, 0.15) is 23.7 Å². The summed E-state index contributed by atoms with van der Waals surface area (Å²) in [5.41, 5.74) is -0.311. The van der Waals surface area contributed by atoms with Crippen LogP contribution < -0.4 is 0 Å². The highest BCUT2D eigenvalue weighted by Crippen LogP contribution is 2.24. The van der Waals surface area contributed by atoms with Crippen LogP contribution in [0.25, 0.3) is 0 Å². The Hall–Kier alpha value is -2.06. The van der Waals surface area contributed by atoms with Crippen molar-refractivity contribution in [1.82, 2.24) is 4.90 Å². The van der Waals surface area contributed by atoms with Crippen LogP contribution in [0.15, 0.2) is 18.2 Å². The second-order valence-electron chi connectivity index (χ2n) is 3.85. The Morgan fingerprint density at radius 2 is 2.26 bits per heavy atom. The van der Waals surface area contributed by atoms with E-state index in [0.29, 0.717) is 6.54 Å². The normalized spacial score (nSPS) is 9.74. The summed E-state index contributed by atoms with van der Waals surface area (Å²) >= 11 is 5.71. The van der Waals surface area contributed by atoms with Crippen molar-refractivity contribution in [1.29, 1.82) is 0 Å². The second kappa shape index (κ2) is 6.76. The van der Waals surface area contributed by atoms with Crippen molar-refractivity contribution in [3.05, 3.63) is 38.9 Å². The third-order valence-electron chi connectivity index (χ3n) is 2.45. The number of benzene rings is 1. The molecule has 19 heavy (non-hydrogen) atoms. The van der Waals surface area contributed by atoms with E-state index in [0.717, 1.165) is 12.5 Å². The van der Waals surface area contributed by atoms with Crippen LogP contribution in [0.4, 0.5) is 5.69 Å². The zero-order valence-electron chi connectivity index (χ0n) is 10.4. The summed E-state index contributed by atoms with van der Waals surface area (Å²) in [6.45, 7) is 2.46. The Labute approximate surface area is 116 Å². The first-order valence-corrected chi connectivity index (χ1v) is 6.05. The smallest absolute Gasteiger partial charge is 0.283 e. The molecule has 0 saturated carbocycles. The predicted octanol–water partition coefficient (Wildman–Crippen LogP) is 2.73. The van der Waals surface area contributed by atoms with Crippen LogP contribution in [-0.4, -0.2) is 28.8 Å². The number of nitrogens with zero attached hydrogens (tertiary/aromatic N) is 2. The minimum Gasteiger partial charge on any atom is -0.327 e. The van der Waals surface area contributed by atoms with Gasteiger partial charge in [0, 0.05) is 17.6 Å². The van der Waals surface area contributed by atoms with Gasteiger partial charge >= 0.3 is 0 Å². The van der Waals surface area contributed by atoms with Crippen molar-refractivity contribution in [2.45, 2.75) is 13.3 Å². The van der Waals surface area contributed by atoms with Gasteiger partial charge in [0.1, 0.15) is 5.56 Å². The van der Waals surface area contributed by atoms with Gasteiger partial charge in [-0.05, 0) is 18.6 Å². The Bertz CT molecular complexity index is 537. The van der Waals surface area contributed by atoms with Crippen molar-refractivity contribution < 1.29 is 9.72 Å². The first-order chi connectivity index (χ1) is 9.01. The lowest BCUT2D eigenvalue weighted by Gasteiger charge is -2.19. The molecular formula is C13H13ClN2O3. The second-order valence-corrected chi connectivity index (χ2v) is 4.29. The number of nitro groups is 1. The predicted molar refractivity (Wildman–Crippen MR) is 73.1 cm³/mol. The highest BCUT2D eigenvalue weighted by atomic mass is 35.5. The largest absolute Gasteiger partial charge is 0.327 e. The summed E-state index contributed by atoms with van der Waals surface area (Å²) in [5.74, 6) is 1.92. The lowest BCUT2D eigenvalue weighted by molar-refractivity contribution is -0.385. The van der Waals surface area contributed by atoms with E-state index in [4.69, 9.17) is 18.0 Å². The number of amides is 1. The van der Waals surface area contributed by atoms with E-state index in [2.05, 4.69) is 5.92 Å². The summed E-state index contributed by atoms with van der Waals surface area (Å²) in [6, 6.07) is 3.96. The molecule has 0 aromatic heterocycles. The van der Waals surface area contributed by atoms with E-state index in [1.807, 2.05) is 6.92 Å². The minimum atomic E-state index is -0.626. The lowest BCUT2D eigenvalue weighted by atomic mass is 10.1. The summed E-state index contributed by atoms with van der Waals surface area (Å²) in [7, 11) is 0. The average Bonchev–Trinajstić information content (AvgIpc) is 2.37. The molecule has 1 rings (SSSR count). The molecule has 1 aromatic rings. The first kappa shape index (κ1) is 15.0. The van der Waals surface area contributed by atoms with Gasteiger partial charge in [0.25, 0.3) is 11.6 Å². The van der Waals surface area contributed by atoms with Crippen LogP contribution in [-0.2, 0) is 0 Å². The number of hydrogen-bond acceptors (Lipinski definition) is 3. The monoisotopic (exact) mass is 280 g/mol. The van der Waals surface area contributed by atoms with Crippen molar-refractivity contribution in [3.63, 3.8) is 0 Å². The summed E-state index contributed by atoms with van der Waals surface area (Å²) in [6.07, 6.45) is 5.92. The zero-order valence-corrected chi connectivity index (χ0v) is 11.2. The number of halogens is 1. The quantitative estimate of drug-likeness (QED) is 0.473. The molecule has 0 aliphatic carbocycles. The van der Waals surface area contributed by atoms with Gasteiger partial charge in [0.15, 0.2) is 0 Å². The van der Waals surface area contributed by atoms with E-state index >= 15 is 0 Å². The molecule has 1 aromatic carbocycles. The molecule has 0 atom stereocenters. The summed E-state index contributed by atoms with van der Waals surface area (Å²) in [4.78, 5) is 24.0. The number of carbonyl (C=O) groups excluding carboxylic acids is 1. The first-order valence-electron chi connectivity index (χ1n) is 5.68. The van der Waals surface area contributed by atoms with Gasteiger partial charge in [-0.15, -0.1) is 6.42 Å². The fourth-order valence-corrected chi connectivity index (χ4v) is 1.81. The van der Waals surface area contributed by atoms with Gasteiger partial charge in [-0.3, -0.25) is 14.9 Å². The van der Waals surface area contributed by atoms with Gasteiger partial charge < -0.3 is 4.90 Å². The van der Waals surface area contributed by atoms with E-state index in [9.17, 15) is 14.9 Å². The fraction of sp³-hybridized carbons (Fsp3) is 0.308. The molecule has 0 N–H and O–H groups in total. The van der Waals surface area contributed by atoms with E-state index in [1.54, 1.807) is 0 Å². The molecule has 0 fully saturated rings.